The second-order valence-electron chi connectivity index (χ2n) is 3.76. The Morgan fingerprint density at radius 3 is 2.00 bits per heavy atom. The molecule has 0 aliphatic heterocycles. The van der Waals surface area contributed by atoms with Gasteiger partial charge in [-0.2, -0.15) is 0 Å². The number of aldehydes is 1. The zero-order valence-electron chi connectivity index (χ0n) is 10.6. The van der Waals surface area contributed by atoms with Crippen LogP contribution in [0, 0.1) is 0 Å². The van der Waals surface area contributed by atoms with Gasteiger partial charge in [0.05, 0.1) is 0 Å². The minimum absolute atomic E-state index is 0.306. The number of benzene rings is 1. The maximum atomic E-state index is 10.6. The second kappa shape index (κ2) is 7.39. The van der Waals surface area contributed by atoms with E-state index in [2.05, 4.69) is 37.8 Å². The van der Waals surface area contributed by atoms with E-state index in [0.717, 1.165) is 6.29 Å². The molecular weight excluding hydrogens is 268 g/mol. The molecule has 17 heavy (non-hydrogen) atoms. The van der Waals surface area contributed by atoms with Gasteiger partial charge in [-0.25, -0.2) is 0 Å². The van der Waals surface area contributed by atoms with Gasteiger partial charge >= 0.3 is 0 Å². The molecule has 1 rings (SSSR count). The zero-order chi connectivity index (χ0) is 12.8. The molecule has 1 unspecified atom stereocenters. The van der Waals surface area contributed by atoms with Crippen LogP contribution in [0.4, 0.5) is 0 Å². The summed E-state index contributed by atoms with van der Waals surface area (Å²) >= 11 is 5.35. The molecule has 94 valence electrons. The third-order valence-electron chi connectivity index (χ3n) is 2.71. The Kier molecular flexibility index (Phi) is 6.52. The van der Waals surface area contributed by atoms with Crippen LogP contribution in [0.5, 0.6) is 0 Å². The molecule has 0 bridgehead atoms. The van der Waals surface area contributed by atoms with Crippen molar-refractivity contribution in [1.29, 1.82) is 0 Å². The van der Waals surface area contributed by atoms with Gasteiger partial charge in [0.2, 0.25) is 0 Å². The lowest BCUT2D eigenvalue weighted by Crippen LogP contribution is -1.96. The minimum Gasteiger partial charge on any atom is -0.303 e. The van der Waals surface area contributed by atoms with Crippen molar-refractivity contribution in [2.24, 2.45) is 0 Å². The third-order valence-corrected chi connectivity index (χ3v) is 5.34. The number of thioether (sulfide) groups is 3. The Morgan fingerprint density at radius 2 is 1.65 bits per heavy atom. The summed E-state index contributed by atoms with van der Waals surface area (Å²) in [6.45, 7) is 2.11. The summed E-state index contributed by atoms with van der Waals surface area (Å²) in [5, 5.41) is 0. The molecule has 0 aromatic heterocycles. The third kappa shape index (κ3) is 3.70. The largest absolute Gasteiger partial charge is 0.303 e. The second-order valence-corrected chi connectivity index (χ2v) is 6.27. The van der Waals surface area contributed by atoms with Gasteiger partial charge in [0, 0.05) is 21.1 Å². The monoisotopic (exact) mass is 286 g/mol. The van der Waals surface area contributed by atoms with Crippen LogP contribution in [0.15, 0.2) is 26.8 Å². The normalized spacial score (nSPS) is 12.5. The van der Waals surface area contributed by atoms with Gasteiger partial charge in [0.25, 0.3) is 0 Å². The molecule has 0 spiro atoms. The topological polar surface area (TPSA) is 17.1 Å². The summed E-state index contributed by atoms with van der Waals surface area (Å²) in [4.78, 5) is 14.6. The van der Waals surface area contributed by atoms with Crippen molar-refractivity contribution in [3.05, 3.63) is 17.7 Å². The number of rotatable bonds is 6. The Labute approximate surface area is 117 Å². The van der Waals surface area contributed by atoms with Crippen molar-refractivity contribution in [1.82, 2.24) is 0 Å². The van der Waals surface area contributed by atoms with Crippen molar-refractivity contribution < 1.29 is 4.79 Å². The first-order valence-electron chi connectivity index (χ1n) is 5.41. The fourth-order valence-electron chi connectivity index (χ4n) is 1.67. The van der Waals surface area contributed by atoms with Crippen molar-refractivity contribution in [3.8, 4) is 0 Å². The summed E-state index contributed by atoms with van der Waals surface area (Å²) in [6.07, 6.45) is 7.93. The van der Waals surface area contributed by atoms with Crippen molar-refractivity contribution in [2.45, 2.75) is 33.9 Å². The standard InChI is InChI=1S/C13H18OS3/c1-9(5-6-14)10-7-11(15-2)13(17-4)12(8-10)16-3/h6-9H,5H2,1-4H3. The molecule has 0 fully saturated rings. The first kappa shape index (κ1) is 15.0. The van der Waals surface area contributed by atoms with E-state index in [1.54, 1.807) is 35.3 Å². The highest BCUT2D eigenvalue weighted by atomic mass is 32.2. The van der Waals surface area contributed by atoms with Crippen LogP contribution in [-0.4, -0.2) is 25.1 Å². The summed E-state index contributed by atoms with van der Waals surface area (Å²) in [5.41, 5.74) is 1.27. The summed E-state index contributed by atoms with van der Waals surface area (Å²) in [7, 11) is 0. The molecule has 0 heterocycles. The molecule has 1 aromatic rings. The van der Waals surface area contributed by atoms with Crippen LogP contribution < -0.4 is 0 Å². The molecule has 0 aliphatic carbocycles. The molecule has 4 heteroatoms. The fourth-order valence-corrected chi connectivity index (χ4v) is 4.35. The number of carbonyl (C=O) groups is 1. The zero-order valence-corrected chi connectivity index (χ0v) is 13.1. The van der Waals surface area contributed by atoms with Crippen LogP contribution in [0.25, 0.3) is 0 Å². The van der Waals surface area contributed by atoms with E-state index in [9.17, 15) is 4.79 Å². The Morgan fingerprint density at radius 1 is 1.12 bits per heavy atom. The summed E-state index contributed by atoms with van der Waals surface area (Å²) in [6, 6.07) is 4.45. The van der Waals surface area contributed by atoms with Crippen molar-refractivity contribution in [3.63, 3.8) is 0 Å². The number of hydrogen-bond acceptors (Lipinski definition) is 4. The van der Waals surface area contributed by atoms with Gasteiger partial charge in [0.15, 0.2) is 0 Å². The van der Waals surface area contributed by atoms with E-state index < -0.39 is 0 Å². The van der Waals surface area contributed by atoms with Crippen molar-refractivity contribution >= 4 is 41.6 Å². The lowest BCUT2D eigenvalue weighted by molar-refractivity contribution is -0.108. The highest BCUT2D eigenvalue weighted by Gasteiger charge is 2.13. The van der Waals surface area contributed by atoms with Crippen molar-refractivity contribution in [2.75, 3.05) is 18.8 Å². The Bertz CT molecular complexity index is 365. The maximum Gasteiger partial charge on any atom is 0.120 e. The molecule has 0 radical (unpaired) electrons. The number of carbonyl (C=O) groups excluding carboxylic acids is 1. The highest BCUT2D eigenvalue weighted by molar-refractivity contribution is 8.03. The van der Waals surface area contributed by atoms with Gasteiger partial charge in [-0.3, -0.25) is 0 Å². The Balaban J connectivity index is 3.21. The summed E-state index contributed by atoms with van der Waals surface area (Å²) < 4.78 is 0. The molecule has 1 atom stereocenters. The minimum atomic E-state index is 0.306. The molecule has 1 nitrogen and oxygen atoms in total. The van der Waals surface area contributed by atoms with Gasteiger partial charge < -0.3 is 4.79 Å². The predicted octanol–water partition coefficient (Wildman–Crippen LogP) is 4.54. The highest BCUT2D eigenvalue weighted by Crippen LogP contribution is 2.39. The summed E-state index contributed by atoms with van der Waals surface area (Å²) in [5.74, 6) is 0.306. The molecular formula is C13H18OS3. The van der Waals surface area contributed by atoms with Crippen LogP contribution in [0.1, 0.15) is 24.8 Å². The maximum absolute atomic E-state index is 10.6. The smallest absolute Gasteiger partial charge is 0.120 e. The van der Waals surface area contributed by atoms with Crippen LogP contribution in [0.2, 0.25) is 0 Å². The van der Waals surface area contributed by atoms with Crippen LogP contribution >= 0.6 is 35.3 Å². The van der Waals surface area contributed by atoms with Crippen LogP contribution in [0.3, 0.4) is 0 Å². The van der Waals surface area contributed by atoms with E-state index in [4.69, 9.17) is 0 Å². The lowest BCUT2D eigenvalue weighted by atomic mass is 9.99. The van der Waals surface area contributed by atoms with Gasteiger partial charge in [-0.1, -0.05) is 6.92 Å². The molecule has 0 N–H and O–H groups in total. The van der Waals surface area contributed by atoms with E-state index in [-0.39, 0.29) is 0 Å². The SMILES string of the molecule is CSc1cc(C(C)CC=O)cc(SC)c1SC. The van der Waals surface area contributed by atoms with E-state index >= 15 is 0 Å². The lowest BCUT2D eigenvalue weighted by Gasteiger charge is -2.16. The van der Waals surface area contributed by atoms with Gasteiger partial charge in [0.1, 0.15) is 6.29 Å². The van der Waals surface area contributed by atoms with E-state index in [1.807, 2.05) is 0 Å². The first-order valence-corrected chi connectivity index (χ1v) is 9.08. The fraction of sp³-hybridized carbons (Fsp3) is 0.462. The van der Waals surface area contributed by atoms with Crippen LogP contribution in [-0.2, 0) is 4.79 Å². The quantitative estimate of drug-likeness (QED) is 0.563. The van der Waals surface area contributed by atoms with E-state index in [0.29, 0.717) is 12.3 Å². The van der Waals surface area contributed by atoms with Gasteiger partial charge in [-0.15, -0.1) is 35.3 Å². The Hall–Kier alpha value is -0.0600. The molecule has 1 aromatic carbocycles. The average molecular weight is 286 g/mol. The molecule has 0 amide bonds. The molecule has 0 saturated carbocycles. The predicted molar refractivity (Wildman–Crippen MR) is 80.9 cm³/mol. The van der Waals surface area contributed by atoms with E-state index in [1.165, 1.54) is 20.2 Å². The molecule has 0 aliphatic rings. The first-order chi connectivity index (χ1) is 8.17. The van der Waals surface area contributed by atoms with Gasteiger partial charge in [-0.05, 0) is 42.4 Å². The molecule has 0 saturated heterocycles. The average Bonchev–Trinajstić information content (AvgIpc) is 2.37. The number of hydrogen-bond donors (Lipinski definition) is 0.